The van der Waals surface area contributed by atoms with Crippen molar-refractivity contribution in [2.24, 2.45) is 0 Å². The average molecular weight is 339 g/mol. The number of carbonyl (C=O) groups excluding carboxylic acids is 1. The van der Waals surface area contributed by atoms with Crippen LogP contribution in [0.1, 0.15) is 27.3 Å². The number of nitrogens with zero attached hydrogens (tertiary/aromatic N) is 2. The number of hydrogen-bond acceptors (Lipinski definition) is 6. The lowest BCUT2D eigenvalue weighted by Crippen LogP contribution is -2.00. The average Bonchev–Trinajstić information content (AvgIpc) is 3.08. The maximum atomic E-state index is 12.1. The topological polar surface area (TPSA) is 75.1 Å². The second kappa shape index (κ2) is 7.70. The van der Waals surface area contributed by atoms with Gasteiger partial charge in [-0.2, -0.15) is 0 Å². The van der Waals surface area contributed by atoms with Crippen molar-refractivity contribution >= 4 is 22.3 Å². The van der Waals surface area contributed by atoms with Gasteiger partial charge in [-0.1, -0.05) is 53.8 Å². The molecule has 3 rings (SSSR count). The summed E-state index contributed by atoms with van der Waals surface area (Å²) in [5.74, 6) is 0.365. The summed E-state index contributed by atoms with van der Waals surface area (Å²) in [6, 6.07) is 16.3. The quantitative estimate of drug-likeness (QED) is 0.642. The van der Waals surface area contributed by atoms with Crippen LogP contribution in [0.15, 0.2) is 54.6 Å². The van der Waals surface area contributed by atoms with Crippen LogP contribution in [0.2, 0.25) is 0 Å². The molecule has 0 saturated carbocycles. The molecule has 0 aliphatic heterocycles. The Kier molecular flexibility index (Phi) is 5.18. The van der Waals surface area contributed by atoms with Gasteiger partial charge < -0.3 is 10.4 Å². The standard InChI is InChI=1S/C18H17N3O2S/c22-15-8-6-13(7-9-15)12-19-18-21-20-17(24-18)11-10-16(23)14-4-2-1-3-5-14/h1-9,22H,10-12H2,(H,19,21). The summed E-state index contributed by atoms with van der Waals surface area (Å²) < 4.78 is 0. The maximum Gasteiger partial charge on any atom is 0.205 e. The highest BCUT2D eigenvalue weighted by atomic mass is 32.1. The van der Waals surface area contributed by atoms with Crippen molar-refractivity contribution < 1.29 is 9.90 Å². The summed E-state index contributed by atoms with van der Waals surface area (Å²) in [5, 5.41) is 22.2. The number of ketones is 1. The number of carbonyl (C=O) groups is 1. The molecule has 24 heavy (non-hydrogen) atoms. The van der Waals surface area contributed by atoms with E-state index >= 15 is 0 Å². The first-order chi connectivity index (χ1) is 11.7. The van der Waals surface area contributed by atoms with E-state index in [-0.39, 0.29) is 11.5 Å². The molecule has 0 unspecified atom stereocenters. The summed E-state index contributed by atoms with van der Waals surface area (Å²) in [6.45, 7) is 0.609. The van der Waals surface area contributed by atoms with Crippen molar-refractivity contribution in [3.05, 3.63) is 70.7 Å². The van der Waals surface area contributed by atoms with E-state index in [1.807, 2.05) is 42.5 Å². The van der Waals surface area contributed by atoms with E-state index in [4.69, 9.17) is 0 Å². The number of aromatic hydroxyl groups is 1. The molecule has 6 heteroatoms. The molecule has 0 fully saturated rings. The fourth-order valence-electron chi connectivity index (χ4n) is 2.21. The van der Waals surface area contributed by atoms with E-state index in [2.05, 4.69) is 15.5 Å². The zero-order chi connectivity index (χ0) is 16.8. The number of phenolic OH excluding ortho intramolecular Hbond substituents is 1. The number of rotatable bonds is 7. The Labute approximate surface area is 144 Å². The SMILES string of the molecule is O=C(CCc1nnc(NCc2ccc(O)cc2)s1)c1ccccc1. The normalized spacial score (nSPS) is 10.5. The first-order valence-corrected chi connectivity index (χ1v) is 8.45. The predicted molar refractivity (Wildman–Crippen MR) is 94.4 cm³/mol. The van der Waals surface area contributed by atoms with Crippen molar-refractivity contribution in [3.63, 3.8) is 0 Å². The lowest BCUT2D eigenvalue weighted by Gasteiger charge is -2.02. The van der Waals surface area contributed by atoms with Gasteiger partial charge in [0, 0.05) is 24.9 Å². The number of phenols is 1. The Morgan fingerprint density at radius 1 is 1.04 bits per heavy atom. The molecule has 3 aromatic rings. The summed E-state index contributed by atoms with van der Waals surface area (Å²) in [7, 11) is 0. The third-order valence-electron chi connectivity index (χ3n) is 3.51. The maximum absolute atomic E-state index is 12.1. The molecule has 2 N–H and O–H groups in total. The Bertz CT molecular complexity index is 801. The fourth-order valence-corrected chi connectivity index (χ4v) is 2.94. The lowest BCUT2D eigenvalue weighted by molar-refractivity contribution is 0.0983. The predicted octanol–water partition coefficient (Wildman–Crippen LogP) is 3.67. The molecule has 1 aromatic heterocycles. The van der Waals surface area contributed by atoms with E-state index in [1.54, 1.807) is 12.1 Å². The summed E-state index contributed by atoms with van der Waals surface area (Å²) in [6.07, 6.45) is 1.02. The highest BCUT2D eigenvalue weighted by Crippen LogP contribution is 2.19. The van der Waals surface area contributed by atoms with Gasteiger partial charge in [0.25, 0.3) is 0 Å². The van der Waals surface area contributed by atoms with E-state index in [0.29, 0.717) is 19.4 Å². The molecule has 122 valence electrons. The number of aryl methyl sites for hydroxylation is 1. The minimum Gasteiger partial charge on any atom is -0.508 e. The minimum absolute atomic E-state index is 0.115. The molecule has 0 saturated heterocycles. The molecule has 0 spiro atoms. The highest BCUT2D eigenvalue weighted by Gasteiger charge is 2.09. The molecule has 0 radical (unpaired) electrons. The number of Topliss-reactive ketones (excluding diaryl/α,β-unsaturated/α-hetero) is 1. The third kappa shape index (κ3) is 4.39. The van der Waals surface area contributed by atoms with Gasteiger partial charge in [-0.25, -0.2) is 0 Å². The Hall–Kier alpha value is -2.73. The van der Waals surface area contributed by atoms with Gasteiger partial charge in [0.05, 0.1) is 0 Å². The molecular weight excluding hydrogens is 322 g/mol. The first-order valence-electron chi connectivity index (χ1n) is 7.63. The van der Waals surface area contributed by atoms with Crippen LogP contribution in [0.5, 0.6) is 5.75 Å². The van der Waals surface area contributed by atoms with Gasteiger partial charge in [0.15, 0.2) is 5.78 Å². The monoisotopic (exact) mass is 339 g/mol. The number of hydrogen-bond donors (Lipinski definition) is 2. The van der Waals surface area contributed by atoms with Crippen LogP contribution in [0.25, 0.3) is 0 Å². The highest BCUT2D eigenvalue weighted by molar-refractivity contribution is 7.15. The van der Waals surface area contributed by atoms with Crippen molar-refractivity contribution in [2.75, 3.05) is 5.32 Å². The van der Waals surface area contributed by atoms with Crippen molar-refractivity contribution in [3.8, 4) is 5.75 Å². The number of nitrogens with one attached hydrogen (secondary N) is 1. The Morgan fingerprint density at radius 3 is 2.54 bits per heavy atom. The molecule has 2 aromatic carbocycles. The number of benzene rings is 2. The molecule has 0 amide bonds. The van der Waals surface area contributed by atoms with Gasteiger partial charge in [0.1, 0.15) is 10.8 Å². The summed E-state index contributed by atoms with van der Waals surface area (Å²) >= 11 is 1.46. The number of anilines is 1. The zero-order valence-electron chi connectivity index (χ0n) is 13.0. The molecule has 0 aliphatic rings. The molecule has 0 atom stereocenters. The van der Waals surface area contributed by atoms with E-state index in [1.165, 1.54) is 11.3 Å². The van der Waals surface area contributed by atoms with Crippen LogP contribution in [0.4, 0.5) is 5.13 Å². The molecule has 0 aliphatic carbocycles. The van der Waals surface area contributed by atoms with E-state index < -0.39 is 0 Å². The first kappa shape index (κ1) is 16.1. The van der Waals surface area contributed by atoms with Crippen LogP contribution >= 0.6 is 11.3 Å². The summed E-state index contributed by atoms with van der Waals surface area (Å²) in [5.41, 5.74) is 1.77. The molecule has 5 nitrogen and oxygen atoms in total. The molecule has 1 heterocycles. The molecule has 0 bridgehead atoms. The largest absolute Gasteiger partial charge is 0.508 e. The second-order valence-electron chi connectivity index (χ2n) is 5.31. The van der Waals surface area contributed by atoms with Crippen molar-refractivity contribution in [2.45, 2.75) is 19.4 Å². The van der Waals surface area contributed by atoms with E-state index in [0.717, 1.165) is 21.3 Å². The van der Waals surface area contributed by atoms with Crippen LogP contribution in [0.3, 0.4) is 0 Å². The zero-order valence-corrected chi connectivity index (χ0v) is 13.8. The third-order valence-corrected chi connectivity index (χ3v) is 4.45. The number of aromatic nitrogens is 2. The fraction of sp³-hybridized carbons (Fsp3) is 0.167. The van der Waals surface area contributed by atoms with Gasteiger partial charge in [-0.3, -0.25) is 4.79 Å². The van der Waals surface area contributed by atoms with Crippen LogP contribution in [-0.4, -0.2) is 21.1 Å². The van der Waals surface area contributed by atoms with Crippen molar-refractivity contribution in [1.29, 1.82) is 0 Å². The van der Waals surface area contributed by atoms with Crippen LogP contribution < -0.4 is 5.32 Å². The van der Waals surface area contributed by atoms with Gasteiger partial charge in [-0.05, 0) is 17.7 Å². The van der Waals surface area contributed by atoms with Gasteiger partial charge >= 0.3 is 0 Å². The smallest absolute Gasteiger partial charge is 0.205 e. The summed E-state index contributed by atoms with van der Waals surface area (Å²) in [4.78, 5) is 12.1. The Balaban J connectivity index is 1.50. The Morgan fingerprint density at radius 2 is 1.79 bits per heavy atom. The van der Waals surface area contributed by atoms with Crippen LogP contribution in [0, 0.1) is 0 Å². The van der Waals surface area contributed by atoms with Gasteiger partial charge in [-0.15, -0.1) is 10.2 Å². The second-order valence-corrected chi connectivity index (χ2v) is 6.37. The van der Waals surface area contributed by atoms with Crippen LogP contribution in [-0.2, 0) is 13.0 Å². The minimum atomic E-state index is 0.115. The van der Waals surface area contributed by atoms with E-state index in [9.17, 15) is 9.90 Å². The van der Waals surface area contributed by atoms with Gasteiger partial charge in [0.2, 0.25) is 5.13 Å². The molecular formula is C18H17N3O2S. The van der Waals surface area contributed by atoms with Crippen molar-refractivity contribution in [1.82, 2.24) is 10.2 Å². The lowest BCUT2D eigenvalue weighted by atomic mass is 10.1.